The van der Waals surface area contributed by atoms with Gasteiger partial charge >= 0.3 is 0 Å². The van der Waals surface area contributed by atoms with E-state index in [4.69, 9.17) is 15.0 Å². The maximum absolute atomic E-state index is 5.19. The molecule has 10 rings (SSSR count). The summed E-state index contributed by atoms with van der Waals surface area (Å²) in [6.07, 6.45) is 3.85. The van der Waals surface area contributed by atoms with Crippen molar-refractivity contribution < 1.29 is 0 Å². The first-order chi connectivity index (χ1) is 24.8. The molecular weight excluding hydrogens is 611 g/mol. The topological polar surface area (TPSA) is 48.5 Å². The molecule has 0 saturated heterocycles. The summed E-state index contributed by atoms with van der Waals surface area (Å²) in [6, 6.07) is 57.4. The van der Waals surface area contributed by atoms with Gasteiger partial charge in [0.2, 0.25) is 0 Å². The van der Waals surface area contributed by atoms with E-state index >= 15 is 0 Å². The Labute approximate surface area is 288 Å². The molecule has 10 aromatic rings. The van der Waals surface area contributed by atoms with E-state index < -0.39 is 0 Å². The SMILES string of the molecule is c1ccc(-c2ncc(-n3c4ccccc4c4cc(-c5ccc6c7ncccc7n(-c7ccccc7)c6c5)ccc43)c(-c3ccccc3)n2)cc1. The van der Waals surface area contributed by atoms with Crippen molar-refractivity contribution in [2.45, 2.75) is 0 Å². The van der Waals surface area contributed by atoms with Gasteiger partial charge in [0, 0.05) is 39.2 Å². The molecule has 0 spiro atoms. The lowest BCUT2D eigenvalue weighted by molar-refractivity contribution is 1.09. The normalized spacial score (nSPS) is 11.6. The number of benzene rings is 6. The molecule has 0 unspecified atom stereocenters. The summed E-state index contributed by atoms with van der Waals surface area (Å²) in [4.78, 5) is 14.9. The quantitative estimate of drug-likeness (QED) is 0.188. The van der Waals surface area contributed by atoms with Gasteiger partial charge in [0.15, 0.2) is 5.82 Å². The van der Waals surface area contributed by atoms with Crippen molar-refractivity contribution in [2.24, 2.45) is 0 Å². The molecule has 4 aromatic heterocycles. The third-order valence-electron chi connectivity index (χ3n) is 9.63. The highest BCUT2D eigenvalue weighted by molar-refractivity contribution is 6.12. The Balaban J connectivity index is 1.19. The lowest BCUT2D eigenvalue weighted by atomic mass is 10.0. The molecular formula is C45H29N5. The van der Waals surface area contributed by atoms with Crippen LogP contribution in [-0.4, -0.2) is 24.1 Å². The smallest absolute Gasteiger partial charge is 0.159 e. The van der Waals surface area contributed by atoms with Gasteiger partial charge in [-0.2, -0.15) is 0 Å². The molecule has 50 heavy (non-hydrogen) atoms. The molecule has 0 atom stereocenters. The highest BCUT2D eigenvalue weighted by atomic mass is 15.0. The molecule has 6 aromatic carbocycles. The van der Waals surface area contributed by atoms with Gasteiger partial charge in [0.25, 0.3) is 0 Å². The number of aromatic nitrogens is 5. The fourth-order valence-corrected chi connectivity index (χ4v) is 7.35. The van der Waals surface area contributed by atoms with Crippen LogP contribution in [0.3, 0.4) is 0 Å². The Bertz CT molecular complexity index is 2850. The third-order valence-corrected chi connectivity index (χ3v) is 9.63. The van der Waals surface area contributed by atoms with Crippen molar-refractivity contribution in [2.75, 3.05) is 0 Å². The van der Waals surface area contributed by atoms with E-state index in [9.17, 15) is 0 Å². The Morgan fingerprint density at radius 2 is 1.06 bits per heavy atom. The molecule has 4 heterocycles. The van der Waals surface area contributed by atoms with Crippen LogP contribution in [0, 0.1) is 0 Å². The second-order valence-electron chi connectivity index (χ2n) is 12.5. The van der Waals surface area contributed by atoms with Gasteiger partial charge in [-0.3, -0.25) is 4.98 Å². The fourth-order valence-electron chi connectivity index (χ4n) is 7.35. The molecule has 5 nitrogen and oxygen atoms in total. The van der Waals surface area contributed by atoms with Crippen LogP contribution in [0.15, 0.2) is 176 Å². The molecule has 0 fully saturated rings. The van der Waals surface area contributed by atoms with Crippen molar-refractivity contribution in [1.82, 2.24) is 24.1 Å². The molecule has 0 amide bonds. The predicted octanol–water partition coefficient (Wildman–Crippen LogP) is 11.1. The summed E-state index contributed by atoms with van der Waals surface area (Å²) in [5, 5.41) is 3.49. The first-order valence-corrected chi connectivity index (χ1v) is 16.8. The largest absolute Gasteiger partial charge is 0.308 e. The molecule has 0 radical (unpaired) electrons. The highest BCUT2D eigenvalue weighted by Gasteiger charge is 2.20. The zero-order chi connectivity index (χ0) is 33.0. The van der Waals surface area contributed by atoms with Crippen molar-refractivity contribution >= 4 is 43.7 Å². The monoisotopic (exact) mass is 639 g/mol. The van der Waals surface area contributed by atoms with Crippen LogP contribution in [0.1, 0.15) is 0 Å². The molecule has 5 heteroatoms. The number of hydrogen-bond acceptors (Lipinski definition) is 3. The zero-order valence-corrected chi connectivity index (χ0v) is 27.0. The number of para-hydroxylation sites is 2. The Kier molecular flexibility index (Phi) is 6.42. The number of pyridine rings is 1. The lowest BCUT2D eigenvalue weighted by Gasteiger charge is -2.14. The van der Waals surface area contributed by atoms with Crippen LogP contribution in [0.4, 0.5) is 0 Å². The number of nitrogens with zero attached hydrogens (tertiary/aromatic N) is 5. The van der Waals surface area contributed by atoms with E-state index in [1.54, 1.807) is 0 Å². The molecule has 234 valence electrons. The summed E-state index contributed by atoms with van der Waals surface area (Å²) >= 11 is 0. The lowest BCUT2D eigenvalue weighted by Crippen LogP contribution is -2.02. The predicted molar refractivity (Wildman–Crippen MR) is 205 cm³/mol. The molecule has 0 saturated carbocycles. The van der Waals surface area contributed by atoms with Gasteiger partial charge in [-0.05, 0) is 65.7 Å². The first-order valence-electron chi connectivity index (χ1n) is 16.8. The van der Waals surface area contributed by atoms with Gasteiger partial charge in [0.05, 0.1) is 45.2 Å². The second-order valence-corrected chi connectivity index (χ2v) is 12.5. The Hall–Kier alpha value is -6.85. The van der Waals surface area contributed by atoms with E-state index in [0.717, 1.165) is 72.3 Å². The van der Waals surface area contributed by atoms with Crippen molar-refractivity contribution in [3.05, 3.63) is 176 Å². The minimum Gasteiger partial charge on any atom is -0.308 e. The average Bonchev–Trinajstić information content (AvgIpc) is 3.71. The van der Waals surface area contributed by atoms with E-state index in [0.29, 0.717) is 5.82 Å². The number of hydrogen-bond donors (Lipinski definition) is 0. The maximum Gasteiger partial charge on any atom is 0.159 e. The van der Waals surface area contributed by atoms with Gasteiger partial charge in [-0.1, -0.05) is 109 Å². The van der Waals surface area contributed by atoms with Gasteiger partial charge < -0.3 is 9.13 Å². The van der Waals surface area contributed by atoms with E-state index in [2.05, 4.69) is 143 Å². The number of rotatable bonds is 5. The molecule has 0 N–H and O–H groups in total. The minimum atomic E-state index is 0.703. The van der Waals surface area contributed by atoms with E-state index in [1.165, 1.54) is 10.8 Å². The van der Waals surface area contributed by atoms with Crippen LogP contribution in [0.5, 0.6) is 0 Å². The Morgan fingerprint density at radius 3 is 1.88 bits per heavy atom. The molecule has 0 aliphatic carbocycles. The molecule has 0 bridgehead atoms. The summed E-state index contributed by atoms with van der Waals surface area (Å²) in [5.41, 5.74) is 12.7. The minimum absolute atomic E-state index is 0.703. The standard InChI is InChI=1S/C45H29N5/c1-4-13-30(14-5-1)43-42(29-47-45(48-43)31-15-6-2-7-16-31)50-38-20-11-10-19-35(38)37-27-32(23-25-39(37)50)33-22-24-36-41(28-33)49(34-17-8-3-9-18-34)40-21-12-26-46-44(36)40/h1-29H. The molecule has 0 aliphatic rings. The highest BCUT2D eigenvalue weighted by Crippen LogP contribution is 2.39. The van der Waals surface area contributed by atoms with Crippen molar-refractivity contribution in [3.8, 4) is 45.1 Å². The van der Waals surface area contributed by atoms with Crippen molar-refractivity contribution in [3.63, 3.8) is 0 Å². The first kappa shape index (κ1) is 28.2. The van der Waals surface area contributed by atoms with Crippen LogP contribution in [0.2, 0.25) is 0 Å². The summed E-state index contributed by atoms with van der Waals surface area (Å²) in [6.45, 7) is 0. The maximum atomic E-state index is 5.19. The van der Waals surface area contributed by atoms with Gasteiger partial charge in [0.1, 0.15) is 0 Å². The summed E-state index contributed by atoms with van der Waals surface area (Å²) in [5.74, 6) is 0.703. The Morgan fingerprint density at radius 1 is 0.400 bits per heavy atom. The van der Waals surface area contributed by atoms with Crippen LogP contribution in [0.25, 0.3) is 88.9 Å². The number of fused-ring (bicyclic) bond motifs is 6. The van der Waals surface area contributed by atoms with E-state index in [1.807, 2.05) is 42.7 Å². The zero-order valence-electron chi connectivity index (χ0n) is 27.0. The average molecular weight is 640 g/mol. The third kappa shape index (κ3) is 4.45. The van der Waals surface area contributed by atoms with E-state index in [-0.39, 0.29) is 0 Å². The second kappa shape index (κ2) is 11.4. The van der Waals surface area contributed by atoms with Gasteiger partial charge in [-0.15, -0.1) is 0 Å². The van der Waals surface area contributed by atoms with Crippen LogP contribution < -0.4 is 0 Å². The van der Waals surface area contributed by atoms with Gasteiger partial charge in [-0.25, -0.2) is 9.97 Å². The van der Waals surface area contributed by atoms with Crippen LogP contribution in [-0.2, 0) is 0 Å². The summed E-state index contributed by atoms with van der Waals surface area (Å²) < 4.78 is 4.63. The summed E-state index contributed by atoms with van der Waals surface area (Å²) in [7, 11) is 0. The fraction of sp³-hybridized carbons (Fsp3) is 0. The molecule has 0 aliphatic heterocycles. The van der Waals surface area contributed by atoms with Crippen molar-refractivity contribution in [1.29, 1.82) is 0 Å². The van der Waals surface area contributed by atoms with Crippen LogP contribution >= 0.6 is 0 Å².